The number of amides is 1. The molecule has 6 heteroatoms. The Labute approximate surface area is 143 Å². The summed E-state index contributed by atoms with van der Waals surface area (Å²) in [5, 5.41) is 10.1. The van der Waals surface area contributed by atoms with E-state index in [0.29, 0.717) is 0 Å². The predicted molar refractivity (Wildman–Crippen MR) is 43.9 cm³/mol. The Balaban J connectivity index is 0. The first-order chi connectivity index (χ1) is 5.72. The second kappa shape index (κ2) is 7.13. The molecule has 0 radical (unpaired) electrons. The van der Waals surface area contributed by atoms with Crippen LogP contribution in [0.15, 0.2) is 0 Å². The minimum absolute atomic E-state index is 0. The van der Waals surface area contributed by atoms with E-state index < -0.39 is 24.2 Å². The van der Waals surface area contributed by atoms with Gasteiger partial charge in [-0.15, -0.1) is 0 Å². The van der Waals surface area contributed by atoms with Crippen molar-refractivity contribution in [2.24, 2.45) is 0 Å². The largest absolute Gasteiger partial charge is 1.00 e. The molecule has 0 atom stereocenters. The van der Waals surface area contributed by atoms with Crippen molar-refractivity contribution < 1.29 is 88.3 Å². The molecule has 1 amide bonds. The van der Waals surface area contributed by atoms with Gasteiger partial charge in [-0.25, -0.2) is 4.79 Å². The van der Waals surface area contributed by atoms with E-state index in [4.69, 9.17) is 4.74 Å². The molecule has 0 saturated carbocycles. The average Bonchev–Trinajstić information content (AvgIpc) is 1.81. The van der Waals surface area contributed by atoms with E-state index in [2.05, 4.69) is 0 Å². The van der Waals surface area contributed by atoms with Gasteiger partial charge >= 0.3 is 75.0 Å². The van der Waals surface area contributed by atoms with Crippen LogP contribution in [0.4, 0.5) is 4.79 Å². The van der Waals surface area contributed by atoms with Crippen LogP contribution >= 0.6 is 0 Å². The molecule has 0 aromatic rings. The summed E-state index contributed by atoms with van der Waals surface area (Å²) in [6, 6.07) is 0. The van der Waals surface area contributed by atoms with Gasteiger partial charge in [-0.3, -0.25) is 0 Å². The van der Waals surface area contributed by atoms with Crippen LogP contribution in [0.2, 0.25) is 0 Å². The molecule has 0 rings (SSSR count). The summed E-state index contributed by atoms with van der Waals surface area (Å²) in [4.78, 5) is 22.2. The maximum atomic E-state index is 11.1. The Morgan fingerprint density at radius 2 is 1.79 bits per heavy atom. The summed E-state index contributed by atoms with van der Waals surface area (Å²) in [6.45, 7) is 4.65. The number of likely N-dealkylation sites (N-methyl/N-ethyl adjacent to an activating group) is 1. The Morgan fingerprint density at radius 1 is 1.36 bits per heavy atom. The zero-order valence-electron chi connectivity index (χ0n) is 9.29. The van der Waals surface area contributed by atoms with Crippen molar-refractivity contribution in [2.45, 2.75) is 26.4 Å². The van der Waals surface area contributed by atoms with Crippen LogP contribution in [-0.4, -0.2) is 36.2 Å². The molecule has 0 aliphatic carbocycles. The van der Waals surface area contributed by atoms with Gasteiger partial charge in [0.2, 0.25) is 0 Å². The van der Waals surface area contributed by atoms with Crippen LogP contribution in [0.25, 0.3) is 0 Å². The van der Waals surface area contributed by atoms with Gasteiger partial charge in [0, 0.05) is 7.05 Å². The molecule has 0 fully saturated rings. The molecule has 0 N–H and O–H groups in total. The van der Waals surface area contributed by atoms with Crippen molar-refractivity contribution in [1.82, 2.24) is 4.90 Å². The van der Waals surface area contributed by atoms with E-state index >= 15 is 0 Å². The summed E-state index contributed by atoms with van der Waals surface area (Å²) in [6.07, 6.45) is -0.670. The van der Waals surface area contributed by atoms with Crippen LogP contribution in [-0.2, 0) is 9.53 Å². The Hall–Kier alpha value is 0.792. The monoisotopic (exact) mass is 321 g/mol. The fraction of sp³-hybridized carbons (Fsp3) is 0.750. The number of hydrogen-bond donors (Lipinski definition) is 0. The third-order valence-electron chi connectivity index (χ3n) is 1.07. The maximum absolute atomic E-state index is 11.1. The van der Waals surface area contributed by atoms with Crippen LogP contribution in [0.3, 0.4) is 0 Å². The number of rotatable bonds is 2. The predicted octanol–water partition coefficient (Wildman–Crippen LogP) is -3.39. The summed E-state index contributed by atoms with van der Waals surface area (Å²) in [7, 11) is 1.34. The van der Waals surface area contributed by atoms with Crippen LogP contribution in [0.5, 0.6) is 0 Å². The molecular weight excluding hydrogens is 307 g/mol. The molecule has 0 heterocycles. The normalized spacial score (nSPS) is 10.0. The number of carbonyl (C=O) groups is 2. The summed E-state index contributed by atoms with van der Waals surface area (Å²) < 4.78 is 4.90. The molecule has 0 unspecified atom stereocenters. The van der Waals surface area contributed by atoms with Crippen LogP contribution < -0.4 is 74.0 Å². The van der Waals surface area contributed by atoms with Crippen molar-refractivity contribution in [3.8, 4) is 0 Å². The van der Waals surface area contributed by atoms with Gasteiger partial charge in [-0.2, -0.15) is 0 Å². The first kappa shape index (κ1) is 17.2. The Bertz CT molecular complexity index is 212. The van der Waals surface area contributed by atoms with Gasteiger partial charge in [-0.1, -0.05) is 0 Å². The van der Waals surface area contributed by atoms with Gasteiger partial charge in [0.25, 0.3) is 0 Å². The molecule has 0 saturated heterocycles. The molecule has 14 heavy (non-hydrogen) atoms. The first-order valence-electron chi connectivity index (χ1n) is 3.86. The molecule has 0 aliphatic heterocycles. The average molecular weight is 321 g/mol. The zero-order chi connectivity index (χ0) is 10.6. The van der Waals surface area contributed by atoms with Crippen molar-refractivity contribution in [3.63, 3.8) is 0 Å². The minimum Gasteiger partial charge on any atom is -0.548 e. The van der Waals surface area contributed by atoms with E-state index in [1.165, 1.54) is 7.05 Å². The zero-order valence-corrected chi connectivity index (χ0v) is 15.6. The van der Waals surface area contributed by atoms with Crippen LogP contribution in [0.1, 0.15) is 20.8 Å². The SMILES string of the molecule is CN(CC(=O)[O-])C(=O)OC(C)(C)C.[Cs+]. The quantitative estimate of drug-likeness (QED) is 0.532. The Morgan fingerprint density at radius 3 is 2.07 bits per heavy atom. The third-order valence-corrected chi connectivity index (χ3v) is 1.07. The molecule has 5 nitrogen and oxygen atoms in total. The van der Waals surface area contributed by atoms with Crippen LogP contribution in [0, 0.1) is 0 Å². The second-order valence-corrected chi connectivity index (χ2v) is 3.71. The van der Waals surface area contributed by atoms with Crippen molar-refractivity contribution in [1.29, 1.82) is 0 Å². The Kier molecular flexibility index (Phi) is 8.76. The molecule has 76 valence electrons. The van der Waals surface area contributed by atoms with Crippen molar-refractivity contribution >= 4 is 12.1 Å². The number of carbonyl (C=O) groups excluding carboxylic acids is 2. The second-order valence-electron chi connectivity index (χ2n) is 3.71. The number of aliphatic carboxylic acids is 1. The van der Waals surface area contributed by atoms with E-state index in [0.717, 1.165) is 4.90 Å². The minimum atomic E-state index is -1.31. The number of ether oxygens (including phenoxy) is 1. The molecule has 0 bridgehead atoms. The molecule has 0 aromatic heterocycles. The van der Waals surface area contributed by atoms with E-state index in [1.54, 1.807) is 20.8 Å². The van der Waals surface area contributed by atoms with E-state index in [9.17, 15) is 14.7 Å². The molecule has 0 aromatic carbocycles. The number of nitrogens with zero attached hydrogens (tertiary/aromatic N) is 1. The fourth-order valence-electron chi connectivity index (χ4n) is 0.598. The molecule has 0 aliphatic rings. The van der Waals surface area contributed by atoms with Gasteiger partial charge < -0.3 is 19.5 Å². The van der Waals surface area contributed by atoms with E-state index in [1.807, 2.05) is 0 Å². The van der Waals surface area contributed by atoms with Gasteiger partial charge in [0.05, 0.1) is 12.5 Å². The van der Waals surface area contributed by atoms with Gasteiger partial charge in [0.15, 0.2) is 0 Å². The standard InChI is InChI=1S/C8H15NO4.Cs/c1-8(2,3)13-7(12)9(4)5-6(10)11;/h5H2,1-4H3,(H,10,11);/q;+1/p-1. The van der Waals surface area contributed by atoms with Gasteiger partial charge in [0.1, 0.15) is 5.60 Å². The topological polar surface area (TPSA) is 69.7 Å². The number of hydrogen-bond acceptors (Lipinski definition) is 4. The first-order valence-corrected chi connectivity index (χ1v) is 3.86. The van der Waals surface area contributed by atoms with Gasteiger partial charge in [-0.05, 0) is 20.8 Å². The van der Waals surface area contributed by atoms with E-state index in [-0.39, 0.29) is 68.9 Å². The number of carboxylic acid groups (broad SMARTS) is 1. The number of carboxylic acids is 1. The fourth-order valence-corrected chi connectivity index (χ4v) is 0.598. The smallest absolute Gasteiger partial charge is 0.548 e. The summed E-state index contributed by atoms with van der Waals surface area (Å²) in [5.41, 5.74) is -0.614. The maximum Gasteiger partial charge on any atom is 1.00 e. The summed E-state index contributed by atoms with van der Waals surface area (Å²) in [5.74, 6) is -1.31. The third kappa shape index (κ3) is 9.35. The van der Waals surface area contributed by atoms with Crippen molar-refractivity contribution in [3.05, 3.63) is 0 Å². The summed E-state index contributed by atoms with van der Waals surface area (Å²) >= 11 is 0. The molecule has 0 spiro atoms. The van der Waals surface area contributed by atoms with Crippen molar-refractivity contribution in [2.75, 3.05) is 13.6 Å². The molecular formula is C8H14CsNO4.